The average Bonchev–Trinajstić information content (AvgIpc) is 2.83. The minimum Gasteiger partial charge on any atom is -0.341 e. The number of nitrogens with zero attached hydrogens (tertiary/aromatic N) is 2. The molecule has 4 nitrogen and oxygen atoms in total. The number of carbonyl (C=O) groups excluding carboxylic acids is 1. The first-order valence-electron chi connectivity index (χ1n) is 7.29. The summed E-state index contributed by atoms with van der Waals surface area (Å²) in [6.45, 7) is -0.227. The van der Waals surface area contributed by atoms with Crippen LogP contribution in [-0.4, -0.2) is 34.6 Å². The lowest BCUT2D eigenvalue weighted by molar-refractivity contribution is -0.188. The molecule has 3 rings (SSSR count). The summed E-state index contributed by atoms with van der Waals surface area (Å²) in [7, 11) is 0. The van der Waals surface area contributed by atoms with E-state index in [1.807, 2.05) is 0 Å². The number of para-hydroxylation sites is 1. The second-order valence-electron chi connectivity index (χ2n) is 5.64. The highest BCUT2D eigenvalue weighted by Crippen LogP contribution is 2.33. The Balaban J connectivity index is 1.78. The van der Waals surface area contributed by atoms with E-state index in [0.717, 1.165) is 16.0 Å². The van der Waals surface area contributed by atoms with Gasteiger partial charge in [-0.3, -0.25) is 14.2 Å². The Bertz CT molecular complexity index is 781. The molecule has 1 amide bonds. The SMILES string of the molecule is O=C(Cn1c(=O)sc2ccccc21)N1CCC[C@H](C(F)(F)F)C1. The van der Waals surface area contributed by atoms with Gasteiger partial charge in [-0.25, -0.2) is 0 Å². The largest absolute Gasteiger partial charge is 0.393 e. The number of alkyl halides is 3. The van der Waals surface area contributed by atoms with Crippen LogP contribution in [0.4, 0.5) is 13.2 Å². The molecule has 0 bridgehead atoms. The van der Waals surface area contributed by atoms with Crippen molar-refractivity contribution < 1.29 is 18.0 Å². The summed E-state index contributed by atoms with van der Waals surface area (Å²) >= 11 is 1.03. The molecule has 1 aromatic heterocycles. The number of hydrogen-bond donors (Lipinski definition) is 0. The topological polar surface area (TPSA) is 42.3 Å². The van der Waals surface area contributed by atoms with Crippen LogP contribution in [0.5, 0.6) is 0 Å². The fourth-order valence-corrected chi connectivity index (χ4v) is 3.76. The van der Waals surface area contributed by atoms with Crippen LogP contribution in [0.3, 0.4) is 0 Å². The lowest BCUT2D eigenvalue weighted by Crippen LogP contribution is -2.46. The fourth-order valence-electron chi connectivity index (χ4n) is 2.87. The first-order valence-corrected chi connectivity index (χ1v) is 8.11. The number of rotatable bonds is 2. The van der Waals surface area contributed by atoms with Crippen molar-refractivity contribution in [2.24, 2.45) is 5.92 Å². The average molecular weight is 344 g/mol. The summed E-state index contributed by atoms with van der Waals surface area (Å²) in [6.07, 6.45) is -3.91. The molecule has 1 aliphatic heterocycles. The van der Waals surface area contributed by atoms with Crippen LogP contribution in [0, 0.1) is 5.92 Å². The van der Waals surface area contributed by atoms with Gasteiger partial charge in [-0.2, -0.15) is 13.2 Å². The summed E-state index contributed by atoms with van der Waals surface area (Å²) < 4.78 is 40.6. The number of aromatic nitrogens is 1. The molecular formula is C15H15F3N2O2S. The molecule has 2 heterocycles. The van der Waals surface area contributed by atoms with E-state index in [0.29, 0.717) is 18.5 Å². The van der Waals surface area contributed by atoms with E-state index in [-0.39, 0.29) is 24.4 Å². The molecule has 0 unspecified atom stereocenters. The molecule has 1 fully saturated rings. The molecular weight excluding hydrogens is 329 g/mol. The third-order valence-electron chi connectivity index (χ3n) is 4.10. The Morgan fingerprint density at radius 1 is 1.30 bits per heavy atom. The lowest BCUT2D eigenvalue weighted by atomic mass is 9.97. The summed E-state index contributed by atoms with van der Waals surface area (Å²) in [5.41, 5.74) is 0.639. The van der Waals surface area contributed by atoms with Crippen molar-refractivity contribution in [2.75, 3.05) is 13.1 Å². The standard InChI is InChI=1S/C15H15F3N2O2S/c16-15(17,18)10-4-3-7-19(8-10)13(21)9-20-11-5-1-2-6-12(11)23-14(20)22/h1-2,5-6,10H,3-4,7-9H2/t10-/m0/s1. The molecule has 1 atom stereocenters. The Morgan fingerprint density at radius 2 is 2.04 bits per heavy atom. The highest BCUT2D eigenvalue weighted by Gasteiger charge is 2.42. The van der Waals surface area contributed by atoms with Crippen LogP contribution in [0.1, 0.15) is 12.8 Å². The van der Waals surface area contributed by atoms with Crippen LogP contribution in [0.15, 0.2) is 29.1 Å². The Labute approximate surface area is 134 Å². The van der Waals surface area contributed by atoms with Gasteiger partial charge in [-0.1, -0.05) is 23.5 Å². The second kappa shape index (κ2) is 5.99. The first kappa shape index (κ1) is 16.0. The maximum Gasteiger partial charge on any atom is 0.393 e. The van der Waals surface area contributed by atoms with Crippen LogP contribution >= 0.6 is 11.3 Å². The van der Waals surface area contributed by atoms with Crippen LogP contribution in [0.25, 0.3) is 10.2 Å². The zero-order valence-corrected chi connectivity index (χ0v) is 13.0. The summed E-state index contributed by atoms with van der Waals surface area (Å²) in [5, 5.41) is 0. The van der Waals surface area contributed by atoms with Gasteiger partial charge in [0.15, 0.2) is 0 Å². The second-order valence-corrected chi connectivity index (χ2v) is 6.64. The van der Waals surface area contributed by atoms with Gasteiger partial charge < -0.3 is 4.90 Å². The van der Waals surface area contributed by atoms with Crippen LogP contribution in [0.2, 0.25) is 0 Å². The zero-order chi connectivity index (χ0) is 16.6. The smallest absolute Gasteiger partial charge is 0.341 e. The molecule has 124 valence electrons. The number of fused-ring (bicyclic) bond motifs is 1. The van der Waals surface area contributed by atoms with Crippen LogP contribution < -0.4 is 4.87 Å². The van der Waals surface area contributed by atoms with Gasteiger partial charge in [0.25, 0.3) is 0 Å². The van der Waals surface area contributed by atoms with Crippen molar-refractivity contribution in [1.82, 2.24) is 9.47 Å². The minimum absolute atomic E-state index is 0.0502. The summed E-state index contributed by atoms with van der Waals surface area (Å²) in [4.78, 5) is 25.3. The predicted octanol–water partition coefficient (Wildman–Crippen LogP) is 2.86. The molecule has 0 radical (unpaired) electrons. The van der Waals surface area contributed by atoms with Crippen molar-refractivity contribution in [3.05, 3.63) is 33.9 Å². The highest BCUT2D eigenvalue weighted by molar-refractivity contribution is 7.16. The molecule has 0 N–H and O–H groups in total. The molecule has 0 saturated carbocycles. The molecule has 2 aromatic rings. The van der Waals surface area contributed by atoms with Gasteiger partial charge in [0.1, 0.15) is 6.54 Å². The Kier molecular flexibility index (Phi) is 4.18. The van der Waals surface area contributed by atoms with Crippen molar-refractivity contribution in [3.8, 4) is 0 Å². The van der Waals surface area contributed by atoms with Gasteiger partial charge in [0, 0.05) is 13.1 Å². The number of likely N-dealkylation sites (tertiary alicyclic amines) is 1. The van der Waals surface area contributed by atoms with E-state index in [4.69, 9.17) is 0 Å². The number of thiazole rings is 1. The van der Waals surface area contributed by atoms with Gasteiger partial charge in [-0.15, -0.1) is 0 Å². The number of amides is 1. The molecule has 0 aliphatic carbocycles. The van der Waals surface area contributed by atoms with Crippen molar-refractivity contribution in [1.29, 1.82) is 0 Å². The number of hydrogen-bond acceptors (Lipinski definition) is 3. The molecule has 1 aromatic carbocycles. The monoisotopic (exact) mass is 344 g/mol. The van der Waals surface area contributed by atoms with Crippen molar-refractivity contribution >= 4 is 27.5 Å². The molecule has 23 heavy (non-hydrogen) atoms. The van der Waals surface area contributed by atoms with E-state index in [9.17, 15) is 22.8 Å². The number of piperidine rings is 1. The quantitative estimate of drug-likeness (QED) is 0.841. The highest BCUT2D eigenvalue weighted by atomic mass is 32.1. The number of halogens is 3. The van der Waals surface area contributed by atoms with E-state index >= 15 is 0 Å². The molecule has 1 aliphatic rings. The van der Waals surface area contributed by atoms with Crippen LogP contribution in [-0.2, 0) is 11.3 Å². The normalized spacial score (nSPS) is 19.3. The zero-order valence-electron chi connectivity index (χ0n) is 12.2. The van der Waals surface area contributed by atoms with E-state index < -0.39 is 18.0 Å². The summed E-state index contributed by atoms with van der Waals surface area (Å²) in [5.74, 6) is -1.92. The predicted molar refractivity (Wildman–Crippen MR) is 81.4 cm³/mol. The lowest BCUT2D eigenvalue weighted by Gasteiger charge is -2.33. The van der Waals surface area contributed by atoms with E-state index in [2.05, 4.69) is 0 Å². The van der Waals surface area contributed by atoms with Crippen molar-refractivity contribution in [2.45, 2.75) is 25.6 Å². The number of carbonyl (C=O) groups is 1. The van der Waals surface area contributed by atoms with E-state index in [1.54, 1.807) is 24.3 Å². The third kappa shape index (κ3) is 3.26. The Hall–Kier alpha value is -1.83. The fraction of sp³-hybridized carbons (Fsp3) is 0.467. The van der Waals surface area contributed by atoms with Gasteiger partial charge in [-0.05, 0) is 25.0 Å². The van der Waals surface area contributed by atoms with Gasteiger partial charge in [0.05, 0.1) is 16.1 Å². The van der Waals surface area contributed by atoms with Crippen molar-refractivity contribution in [3.63, 3.8) is 0 Å². The molecule has 0 spiro atoms. The number of benzene rings is 1. The Morgan fingerprint density at radius 3 is 2.78 bits per heavy atom. The third-order valence-corrected chi connectivity index (χ3v) is 5.06. The maximum atomic E-state index is 12.8. The summed E-state index contributed by atoms with van der Waals surface area (Å²) in [6, 6.07) is 7.07. The van der Waals surface area contributed by atoms with Gasteiger partial charge >= 0.3 is 11.0 Å². The maximum absolute atomic E-state index is 12.8. The van der Waals surface area contributed by atoms with Gasteiger partial charge in [0.2, 0.25) is 5.91 Å². The van der Waals surface area contributed by atoms with E-state index in [1.165, 1.54) is 9.47 Å². The minimum atomic E-state index is -4.29. The molecule has 1 saturated heterocycles. The first-order chi connectivity index (χ1) is 10.9. The molecule has 8 heteroatoms.